The third kappa shape index (κ3) is 4.35. The van der Waals surface area contributed by atoms with E-state index >= 15 is 0 Å². The fourth-order valence-corrected chi connectivity index (χ4v) is 5.44. The van der Waals surface area contributed by atoms with Gasteiger partial charge >= 0.3 is 0 Å². The smallest absolute Gasteiger partial charge is 0.269 e. The topological polar surface area (TPSA) is 97.4 Å². The van der Waals surface area contributed by atoms with Crippen LogP contribution in [0, 0.1) is 10.1 Å². The Morgan fingerprint density at radius 2 is 1.88 bits per heavy atom. The Bertz CT molecular complexity index is 1100. The number of carbonyl (C=O) groups is 1. The predicted octanol–water partition coefficient (Wildman–Crippen LogP) is 3.69. The largest absolute Gasteiger partial charge is 0.368 e. The molecule has 1 aromatic carbocycles. The van der Waals surface area contributed by atoms with Gasteiger partial charge in [-0.25, -0.2) is 0 Å². The highest BCUT2D eigenvalue weighted by atomic mass is 32.2. The third-order valence-electron chi connectivity index (χ3n) is 5.70. The van der Waals surface area contributed by atoms with Crippen molar-refractivity contribution >= 4 is 40.4 Å². The van der Waals surface area contributed by atoms with Crippen molar-refractivity contribution in [2.24, 2.45) is 0 Å². The number of nitrogens with zero attached hydrogens (tertiary/aromatic N) is 6. The summed E-state index contributed by atoms with van der Waals surface area (Å²) in [5, 5.41) is 22.5. The van der Waals surface area contributed by atoms with Gasteiger partial charge in [0.25, 0.3) is 5.69 Å². The van der Waals surface area contributed by atoms with E-state index in [0.29, 0.717) is 38.0 Å². The Morgan fingerprint density at radius 3 is 2.50 bits per heavy atom. The number of anilines is 1. The standard InChI is InChI=1S/C21H22N6O3S2/c28-19(25-11-9-24(10-12-25)15-3-7-17(8-4-15)27(29)30)14-32-21-23-22-20(18-2-1-13-31-18)26(21)16-5-6-16/h1-4,7-8,13,16H,5-6,9-12,14H2. The molecule has 0 spiro atoms. The Morgan fingerprint density at radius 1 is 1.12 bits per heavy atom. The average molecular weight is 471 g/mol. The minimum atomic E-state index is -0.397. The van der Waals surface area contributed by atoms with Crippen LogP contribution in [0.15, 0.2) is 46.9 Å². The molecule has 1 aliphatic carbocycles. The molecule has 3 aromatic rings. The van der Waals surface area contributed by atoms with E-state index in [1.165, 1.54) is 23.9 Å². The second-order valence-electron chi connectivity index (χ2n) is 7.81. The molecule has 166 valence electrons. The number of nitro benzene ring substituents is 1. The fourth-order valence-electron chi connectivity index (χ4n) is 3.83. The molecule has 1 saturated carbocycles. The van der Waals surface area contributed by atoms with Gasteiger partial charge in [-0.1, -0.05) is 17.8 Å². The van der Waals surface area contributed by atoms with Crippen LogP contribution in [0.5, 0.6) is 0 Å². The van der Waals surface area contributed by atoms with Crippen molar-refractivity contribution in [2.45, 2.75) is 24.0 Å². The zero-order chi connectivity index (χ0) is 22.1. The molecule has 0 atom stereocenters. The van der Waals surface area contributed by atoms with E-state index in [-0.39, 0.29) is 11.6 Å². The summed E-state index contributed by atoms with van der Waals surface area (Å²) in [6.07, 6.45) is 2.26. The van der Waals surface area contributed by atoms with Crippen molar-refractivity contribution < 1.29 is 9.72 Å². The molecule has 5 rings (SSSR count). The van der Waals surface area contributed by atoms with Gasteiger partial charge in [-0.2, -0.15) is 0 Å². The monoisotopic (exact) mass is 470 g/mol. The van der Waals surface area contributed by atoms with Crippen molar-refractivity contribution in [3.63, 3.8) is 0 Å². The SMILES string of the molecule is O=C(CSc1nnc(-c2cccs2)n1C1CC1)N1CCN(c2ccc([N+](=O)[O-])cc2)CC1. The molecule has 9 nitrogen and oxygen atoms in total. The van der Waals surface area contributed by atoms with E-state index in [9.17, 15) is 14.9 Å². The van der Waals surface area contributed by atoms with Crippen LogP contribution in [0.2, 0.25) is 0 Å². The molecule has 1 saturated heterocycles. The maximum Gasteiger partial charge on any atom is 0.269 e. The molecule has 3 heterocycles. The van der Waals surface area contributed by atoms with Gasteiger partial charge in [0, 0.05) is 50.0 Å². The maximum absolute atomic E-state index is 12.8. The van der Waals surface area contributed by atoms with E-state index < -0.39 is 4.92 Å². The lowest BCUT2D eigenvalue weighted by Crippen LogP contribution is -2.49. The van der Waals surface area contributed by atoms with Gasteiger partial charge in [0.15, 0.2) is 11.0 Å². The Kier molecular flexibility index (Phi) is 5.83. The summed E-state index contributed by atoms with van der Waals surface area (Å²) >= 11 is 3.11. The zero-order valence-corrected chi connectivity index (χ0v) is 18.9. The van der Waals surface area contributed by atoms with Gasteiger partial charge in [-0.3, -0.25) is 19.5 Å². The highest BCUT2D eigenvalue weighted by Crippen LogP contribution is 2.41. The van der Waals surface area contributed by atoms with Crippen LogP contribution in [0.4, 0.5) is 11.4 Å². The highest BCUT2D eigenvalue weighted by Gasteiger charge is 2.31. The van der Waals surface area contributed by atoms with Crippen LogP contribution in [-0.2, 0) is 4.79 Å². The summed E-state index contributed by atoms with van der Waals surface area (Å²) < 4.78 is 2.19. The van der Waals surface area contributed by atoms with Gasteiger partial charge in [0.1, 0.15) is 0 Å². The third-order valence-corrected chi connectivity index (χ3v) is 7.49. The van der Waals surface area contributed by atoms with Gasteiger partial charge < -0.3 is 9.80 Å². The van der Waals surface area contributed by atoms with Crippen LogP contribution in [0.3, 0.4) is 0 Å². The van der Waals surface area contributed by atoms with E-state index in [1.54, 1.807) is 23.5 Å². The molecule has 2 aromatic heterocycles. The van der Waals surface area contributed by atoms with Gasteiger partial charge in [0.05, 0.1) is 15.6 Å². The molecular weight excluding hydrogens is 448 g/mol. The number of thioether (sulfide) groups is 1. The number of benzene rings is 1. The molecule has 1 aliphatic heterocycles. The summed E-state index contributed by atoms with van der Waals surface area (Å²) in [4.78, 5) is 28.4. The Labute approximate surface area is 193 Å². The number of nitro groups is 1. The van der Waals surface area contributed by atoms with Crippen LogP contribution < -0.4 is 4.90 Å². The molecule has 0 unspecified atom stereocenters. The van der Waals surface area contributed by atoms with Crippen molar-refractivity contribution in [2.75, 3.05) is 36.8 Å². The summed E-state index contributed by atoms with van der Waals surface area (Å²) in [7, 11) is 0. The predicted molar refractivity (Wildman–Crippen MR) is 124 cm³/mol. The molecule has 0 N–H and O–H groups in total. The van der Waals surface area contributed by atoms with Crippen molar-refractivity contribution in [1.29, 1.82) is 0 Å². The molecule has 2 fully saturated rings. The van der Waals surface area contributed by atoms with Crippen molar-refractivity contribution in [1.82, 2.24) is 19.7 Å². The lowest BCUT2D eigenvalue weighted by molar-refractivity contribution is -0.384. The lowest BCUT2D eigenvalue weighted by atomic mass is 10.2. The Hall–Kier alpha value is -2.92. The lowest BCUT2D eigenvalue weighted by Gasteiger charge is -2.36. The molecule has 1 amide bonds. The van der Waals surface area contributed by atoms with E-state index in [4.69, 9.17) is 0 Å². The summed E-state index contributed by atoms with van der Waals surface area (Å²) in [6.45, 7) is 2.67. The first kappa shape index (κ1) is 21.0. The number of piperazine rings is 1. The number of rotatable bonds is 7. The minimum absolute atomic E-state index is 0.0841. The summed E-state index contributed by atoms with van der Waals surface area (Å²) in [5.74, 6) is 1.34. The van der Waals surface area contributed by atoms with Gasteiger partial charge in [-0.15, -0.1) is 21.5 Å². The minimum Gasteiger partial charge on any atom is -0.368 e. The Balaban J connectivity index is 1.17. The number of hydrogen-bond donors (Lipinski definition) is 0. The molecule has 0 bridgehead atoms. The number of aromatic nitrogens is 3. The van der Waals surface area contributed by atoms with E-state index in [1.807, 2.05) is 16.3 Å². The number of thiophene rings is 1. The number of hydrogen-bond acceptors (Lipinski definition) is 8. The highest BCUT2D eigenvalue weighted by molar-refractivity contribution is 7.99. The van der Waals surface area contributed by atoms with Gasteiger partial charge in [-0.05, 0) is 36.4 Å². The van der Waals surface area contributed by atoms with Crippen LogP contribution in [0.1, 0.15) is 18.9 Å². The normalized spacial score (nSPS) is 16.4. The van der Waals surface area contributed by atoms with E-state index in [2.05, 4.69) is 25.7 Å². The first-order valence-corrected chi connectivity index (χ1v) is 12.4. The number of amides is 1. The first-order chi connectivity index (χ1) is 15.6. The quantitative estimate of drug-likeness (QED) is 0.295. The van der Waals surface area contributed by atoms with Crippen LogP contribution in [-0.4, -0.2) is 62.4 Å². The van der Waals surface area contributed by atoms with E-state index in [0.717, 1.165) is 34.4 Å². The number of carbonyl (C=O) groups excluding carboxylic acids is 1. The molecule has 11 heteroatoms. The van der Waals surface area contributed by atoms with Crippen LogP contribution in [0.25, 0.3) is 10.7 Å². The summed E-state index contributed by atoms with van der Waals surface area (Å²) in [5.41, 5.74) is 1.02. The number of non-ortho nitro benzene ring substituents is 1. The maximum atomic E-state index is 12.8. The van der Waals surface area contributed by atoms with Crippen molar-refractivity contribution in [3.8, 4) is 10.7 Å². The second-order valence-corrected chi connectivity index (χ2v) is 9.70. The second kappa shape index (κ2) is 8.91. The average Bonchev–Trinajstić information content (AvgIpc) is 3.33. The summed E-state index contributed by atoms with van der Waals surface area (Å²) in [6, 6.07) is 11.1. The van der Waals surface area contributed by atoms with Crippen molar-refractivity contribution in [3.05, 3.63) is 51.9 Å². The van der Waals surface area contributed by atoms with Crippen LogP contribution >= 0.6 is 23.1 Å². The molecule has 32 heavy (non-hydrogen) atoms. The van der Waals surface area contributed by atoms with Gasteiger partial charge in [0.2, 0.25) is 5.91 Å². The zero-order valence-electron chi connectivity index (χ0n) is 17.3. The molecule has 2 aliphatic rings. The fraction of sp³-hybridized carbons (Fsp3) is 0.381. The first-order valence-electron chi connectivity index (χ1n) is 10.5. The molecule has 0 radical (unpaired) electrons. The molecular formula is C21H22N6O3S2.